The second kappa shape index (κ2) is 5.40. The SMILES string of the molecule is Cc1nc(C)n(Cc2cc(C)c(CNC(C)(C)C)o2)n1. The van der Waals surface area contributed by atoms with Gasteiger partial charge in [-0.2, -0.15) is 5.10 Å². The van der Waals surface area contributed by atoms with Crippen LogP contribution in [0, 0.1) is 20.8 Å². The molecule has 1 N–H and O–H groups in total. The zero-order chi connectivity index (χ0) is 14.9. The number of aromatic nitrogens is 3. The fraction of sp³-hybridized carbons (Fsp3) is 0.600. The summed E-state index contributed by atoms with van der Waals surface area (Å²) in [5.41, 5.74) is 1.25. The summed E-state index contributed by atoms with van der Waals surface area (Å²) < 4.78 is 7.80. The zero-order valence-electron chi connectivity index (χ0n) is 13.2. The molecule has 0 unspecified atom stereocenters. The molecule has 0 aliphatic heterocycles. The molecule has 0 spiro atoms. The second-order valence-corrected chi connectivity index (χ2v) is 6.29. The Hall–Kier alpha value is -1.62. The van der Waals surface area contributed by atoms with Crippen LogP contribution in [0.15, 0.2) is 10.5 Å². The average Bonchev–Trinajstić information content (AvgIpc) is 2.79. The van der Waals surface area contributed by atoms with Crippen LogP contribution in [0.4, 0.5) is 0 Å². The van der Waals surface area contributed by atoms with Gasteiger partial charge in [-0.25, -0.2) is 9.67 Å². The Morgan fingerprint density at radius 3 is 2.50 bits per heavy atom. The third-order valence-electron chi connectivity index (χ3n) is 3.12. The summed E-state index contributed by atoms with van der Waals surface area (Å²) in [5.74, 6) is 3.61. The molecule has 0 fully saturated rings. The molecule has 0 amide bonds. The highest BCUT2D eigenvalue weighted by Gasteiger charge is 2.14. The molecule has 0 radical (unpaired) electrons. The van der Waals surface area contributed by atoms with E-state index in [2.05, 4.69) is 49.2 Å². The van der Waals surface area contributed by atoms with Crippen molar-refractivity contribution < 1.29 is 4.42 Å². The smallest absolute Gasteiger partial charge is 0.147 e. The van der Waals surface area contributed by atoms with Crippen molar-refractivity contribution in [1.82, 2.24) is 20.1 Å². The molecule has 2 aromatic heterocycles. The van der Waals surface area contributed by atoms with E-state index >= 15 is 0 Å². The van der Waals surface area contributed by atoms with E-state index < -0.39 is 0 Å². The van der Waals surface area contributed by atoms with Gasteiger partial charge in [-0.05, 0) is 53.2 Å². The van der Waals surface area contributed by atoms with Gasteiger partial charge >= 0.3 is 0 Å². The first-order valence-electron chi connectivity index (χ1n) is 6.96. The third kappa shape index (κ3) is 3.70. The Kier molecular flexibility index (Phi) is 3.99. The Morgan fingerprint density at radius 1 is 1.25 bits per heavy atom. The van der Waals surface area contributed by atoms with Crippen LogP contribution in [0.2, 0.25) is 0 Å². The quantitative estimate of drug-likeness (QED) is 0.933. The maximum Gasteiger partial charge on any atom is 0.147 e. The highest BCUT2D eigenvalue weighted by molar-refractivity contribution is 5.20. The van der Waals surface area contributed by atoms with Crippen LogP contribution in [0.25, 0.3) is 0 Å². The molecule has 110 valence electrons. The fourth-order valence-corrected chi connectivity index (χ4v) is 2.05. The largest absolute Gasteiger partial charge is 0.462 e. The Labute approximate surface area is 120 Å². The predicted octanol–water partition coefficient (Wildman–Crippen LogP) is 2.73. The maximum atomic E-state index is 5.93. The van der Waals surface area contributed by atoms with E-state index in [1.54, 1.807) is 0 Å². The van der Waals surface area contributed by atoms with Crippen molar-refractivity contribution in [2.45, 2.75) is 60.2 Å². The summed E-state index contributed by atoms with van der Waals surface area (Å²) in [6.45, 7) is 13.7. The van der Waals surface area contributed by atoms with Crippen LogP contribution >= 0.6 is 0 Å². The van der Waals surface area contributed by atoms with Gasteiger partial charge in [-0.1, -0.05) is 0 Å². The van der Waals surface area contributed by atoms with Crippen LogP contribution in [0.5, 0.6) is 0 Å². The average molecular weight is 276 g/mol. The fourth-order valence-electron chi connectivity index (χ4n) is 2.05. The molecule has 2 heterocycles. The normalized spacial score (nSPS) is 12.1. The molecule has 0 saturated carbocycles. The lowest BCUT2D eigenvalue weighted by Gasteiger charge is -2.19. The summed E-state index contributed by atoms with van der Waals surface area (Å²) in [7, 11) is 0. The lowest BCUT2D eigenvalue weighted by Crippen LogP contribution is -2.35. The van der Waals surface area contributed by atoms with Crippen molar-refractivity contribution in [3.8, 4) is 0 Å². The number of rotatable bonds is 4. The molecule has 2 rings (SSSR count). The van der Waals surface area contributed by atoms with Gasteiger partial charge in [0.2, 0.25) is 0 Å². The van der Waals surface area contributed by atoms with Gasteiger partial charge < -0.3 is 9.73 Å². The molecule has 0 atom stereocenters. The monoisotopic (exact) mass is 276 g/mol. The van der Waals surface area contributed by atoms with Gasteiger partial charge in [-0.15, -0.1) is 0 Å². The molecule has 0 saturated heterocycles. The molecule has 0 aliphatic carbocycles. The van der Waals surface area contributed by atoms with Crippen molar-refractivity contribution in [3.63, 3.8) is 0 Å². The minimum Gasteiger partial charge on any atom is -0.462 e. The first-order valence-corrected chi connectivity index (χ1v) is 6.96. The molecule has 2 aromatic rings. The van der Waals surface area contributed by atoms with E-state index in [1.807, 2.05) is 18.5 Å². The number of aryl methyl sites for hydroxylation is 3. The molecule has 5 heteroatoms. The van der Waals surface area contributed by atoms with E-state index in [0.29, 0.717) is 6.54 Å². The molecular formula is C15H24N4O. The van der Waals surface area contributed by atoms with E-state index in [0.717, 1.165) is 29.7 Å². The van der Waals surface area contributed by atoms with E-state index in [-0.39, 0.29) is 5.54 Å². The van der Waals surface area contributed by atoms with Gasteiger partial charge in [-0.3, -0.25) is 0 Å². The van der Waals surface area contributed by atoms with E-state index in [4.69, 9.17) is 4.42 Å². The Balaban J connectivity index is 2.09. The Bertz CT molecular complexity index is 590. The minimum absolute atomic E-state index is 0.0823. The first-order chi connectivity index (χ1) is 9.24. The van der Waals surface area contributed by atoms with Crippen LogP contribution in [0.3, 0.4) is 0 Å². The minimum atomic E-state index is 0.0823. The number of furan rings is 1. The van der Waals surface area contributed by atoms with Crippen molar-refractivity contribution in [2.75, 3.05) is 0 Å². The summed E-state index contributed by atoms with van der Waals surface area (Å²) in [4.78, 5) is 4.30. The highest BCUT2D eigenvalue weighted by atomic mass is 16.3. The van der Waals surface area contributed by atoms with Crippen molar-refractivity contribution in [3.05, 3.63) is 34.8 Å². The number of nitrogens with one attached hydrogen (secondary N) is 1. The zero-order valence-corrected chi connectivity index (χ0v) is 13.2. The maximum absolute atomic E-state index is 5.93. The molecule has 0 aliphatic rings. The lowest BCUT2D eigenvalue weighted by atomic mass is 10.1. The van der Waals surface area contributed by atoms with Crippen LogP contribution in [0.1, 0.15) is 49.5 Å². The summed E-state index contributed by atoms with van der Waals surface area (Å²) >= 11 is 0. The summed E-state index contributed by atoms with van der Waals surface area (Å²) in [5, 5.41) is 7.80. The van der Waals surface area contributed by atoms with Crippen molar-refractivity contribution in [1.29, 1.82) is 0 Å². The molecular weight excluding hydrogens is 252 g/mol. The highest BCUT2D eigenvalue weighted by Crippen LogP contribution is 2.17. The van der Waals surface area contributed by atoms with Gasteiger partial charge in [0, 0.05) is 5.54 Å². The van der Waals surface area contributed by atoms with E-state index in [1.165, 1.54) is 5.56 Å². The summed E-state index contributed by atoms with van der Waals surface area (Å²) in [6, 6.07) is 2.08. The molecule has 5 nitrogen and oxygen atoms in total. The second-order valence-electron chi connectivity index (χ2n) is 6.29. The predicted molar refractivity (Wildman–Crippen MR) is 78.6 cm³/mol. The summed E-state index contributed by atoms with van der Waals surface area (Å²) in [6.07, 6.45) is 0. The van der Waals surface area contributed by atoms with Crippen LogP contribution in [-0.2, 0) is 13.1 Å². The lowest BCUT2D eigenvalue weighted by molar-refractivity contribution is 0.372. The van der Waals surface area contributed by atoms with E-state index in [9.17, 15) is 0 Å². The van der Waals surface area contributed by atoms with Crippen molar-refractivity contribution in [2.24, 2.45) is 0 Å². The number of hydrogen-bond acceptors (Lipinski definition) is 4. The first kappa shape index (κ1) is 14.8. The van der Waals surface area contributed by atoms with Gasteiger partial charge in [0.15, 0.2) is 0 Å². The van der Waals surface area contributed by atoms with Crippen LogP contribution < -0.4 is 5.32 Å². The topological polar surface area (TPSA) is 55.9 Å². The standard InChI is InChI=1S/C15H24N4O/c1-10-7-13(9-19-12(3)17-11(2)18-19)20-14(10)8-16-15(4,5)6/h7,16H,8-9H2,1-6H3. The Morgan fingerprint density at radius 2 is 1.95 bits per heavy atom. The molecule has 0 aromatic carbocycles. The number of nitrogens with zero attached hydrogens (tertiary/aromatic N) is 3. The number of hydrogen-bond donors (Lipinski definition) is 1. The third-order valence-corrected chi connectivity index (χ3v) is 3.12. The van der Waals surface area contributed by atoms with Gasteiger partial charge in [0.25, 0.3) is 0 Å². The van der Waals surface area contributed by atoms with Crippen molar-refractivity contribution >= 4 is 0 Å². The molecule has 0 bridgehead atoms. The van der Waals surface area contributed by atoms with Gasteiger partial charge in [0.1, 0.15) is 29.7 Å². The molecule has 20 heavy (non-hydrogen) atoms. The van der Waals surface area contributed by atoms with Crippen LogP contribution in [-0.4, -0.2) is 20.3 Å². The van der Waals surface area contributed by atoms with Gasteiger partial charge in [0.05, 0.1) is 6.54 Å².